The molecule has 56 valence electrons. The van der Waals surface area contributed by atoms with Crippen LogP contribution in [0.15, 0.2) is 0 Å². The van der Waals surface area contributed by atoms with E-state index in [1.165, 1.54) is 0 Å². The molecule has 10 heavy (non-hydrogen) atoms. The molecule has 0 atom stereocenters. The quantitative estimate of drug-likeness (QED) is 0.458. The molecular formula is C5H7NO2S2. The molecule has 0 spiro atoms. The Morgan fingerprint density at radius 2 is 2.20 bits per heavy atom. The van der Waals surface area contributed by atoms with Crippen LogP contribution in [-0.2, 0) is 9.84 Å². The van der Waals surface area contributed by atoms with Crippen molar-refractivity contribution in [1.29, 1.82) is 0 Å². The molecule has 0 rings (SSSR count). The molecule has 2 N–H and O–H groups in total. The van der Waals surface area contributed by atoms with Gasteiger partial charge in [0.15, 0.2) is 9.84 Å². The molecule has 3 nitrogen and oxygen atoms in total. The van der Waals surface area contributed by atoms with Crippen molar-refractivity contribution in [2.45, 2.75) is 0 Å². The van der Waals surface area contributed by atoms with Crippen LogP contribution < -0.4 is 5.73 Å². The molecule has 0 aliphatic heterocycles. The Morgan fingerprint density at radius 1 is 1.70 bits per heavy atom. The Labute approximate surface area is 65.5 Å². The monoisotopic (exact) mass is 177 g/mol. The maximum atomic E-state index is 10.7. The summed E-state index contributed by atoms with van der Waals surface area (Å²) in [7, 11) is -3.23. The molecule has 0 aliphatic carbocycles. The highest BCUT2D eigenvalue weighted by molar-refractivity contribution is 7.94. The van der Waals surface area contributed by atoms with Crippen LogP contribution in [0.3, 0.4) is 0 Å². The maximum absolute atomic E-state index is 10.7. The Kier molecular flexibility index (Phi) is 3.33. The van der Waals surface area contributed by atoms with Gasteiger partial charge < -0.3 is 5.73 Å². The van der Waals surface area contributed by atoms with Crippen LogP contribution in [0.2, 0.25) is 0 Å². The second-order valence-corrected chi connectivity index (χ2v) is 4.29. The van der Waals surface area contributed by atoms with Gasteiger partial charge in [-0.15, -0.1) is 6.42 Å². The Balaban J connectivity index is 4.19. The summed E-state index contributed by atoms with van der Waals surface area (Å²) in [4.78, 5) is -0.0461. The van der Waals surface area contributed by atoms with Crippen molar-refractivity contribution in [3.8, 4) is 12.3 Å². The topological polar surface area (TPSA) is 60.2 Å². The summed E-state index contributed by atoms with van der Waals surface area (Å²) in [5.74, 6) is 1.41. The molecule has 0 saturated heterocycles. The number of thiocarbonyl (C=S) groups is 1. The van der Waals surface area contributed by atoms with Crippen LogP contribution in [0.1, 0.15) is 0 Å². The highest BCUT2D eigenvalue weighted by Crippen LogP contribution is 1.87. The number of hydrogen-bond acceptors (Lipinski definition) is 3. The zero-order chi connectivity index (χ0) is 8.20. The molecule has 0 amide bonds. The lowest BCUT2D eigenvalue weighted by molar-refractivity contribution is 0.603. The van der Waals surface area contributed by atoms with E-state index < -0.39 is 9.84 Å². The minimum absolute atomic E-state index is 0.0461. The van der Waals surface area contributed by atoms with E-state index in [-0.39, 0.29) is 16.5 Å². The summed E-state index contributed by atoms with van der Waals surface area (Å²) in [6, 6.07) is 0. The maximum Gasteiger partial charge on any atom is 0.167 e. The lowest BCUT2D eigenvalue weighted by Gasteiger charge is -1.95. The lowest BCUT2D eigenvalue weighted by Crippen LogP contribution is -2.22. The third kappa shape index (κ3) is 4.30. The van der Waals surface area contributed by atoms with Crippen LogP contribution in [0.4, 0.5) is 0 Å². The molecule has 0 unspecified atom stereocenters. The van der Waals surface area contributed by atoms with Gasteiger partial charge in [0.05, 0.1) is 4.99 Å². The molecule has 0 saturated carbocycles. The molecule has 0 heterocycles. The minimum atomic E-state index is -3.23. The fraction of sp³-hybridized carbons (Fsp3) is 0.400. The average molecular weight is 177 g/mol. The molecule has 0 aromatic heterocycles. The number of hydrogen-bond donors (Lipinski definition) is 1. The zero-order valence-electron chi connectivity index (χ0n) is 5.20. The van der Waals surface area contributed by atoms with E-state index in [9.17, 15) is 8.42 Å². The van der Waals surface area contributed by atoms with Crippen molar-refractivity contribution < 1.29 is 8.42 Å². The Bertz CT molecular complexity index is 260. The summed E-state index contributed by atoms with van der Waals surface area (Å²) in [6.45, 7) is 0. The van der Waals surface area contributed by atoms with Crippen molar-refractivity contribution in [2.24, 2.45) is 5.73 Å². The van der Waals surface area contributed by atoms with E-state index in [1.807, 2.05) is 5.92 Å². The van der Waals surface area contributed by atoms with Gasteiger partial charge in [0.25, 0.3) is 0 Å². The summed E-state index contributed by atoms with van der Waals surface area (Å²) in [5, 5.41) is 0. The standard InChI is InChI=1S/C5H7NO2S2/c1-2-3-10(7,8)4-5(6)9/h1H,3-4H2,(H2,6,9). The fourth-order valence-corrected chi connectivity index (χ4v) is 1.72. The van der Waals surface area contributed by atoms with E-state index >= 15 is 0 Å². The van der Waals surface area contributed by atoms with E-state index in [0.29, 0.717) is 0 Å². The van der Waals surface area contributed by atoms with Gasteiger partial charge in [-0.25, -0.2) is 8.42 Å². The Morgan fingerprint density at radius 3 is 2.50 bits per heavy atom. The third-order valence-corrected chi connectivity index (χ3v) is 2.35. The fourth-order valence-electron chi connectivity index (χ4n) is 0.395. The second kappa shape index (κ2) is 3.54. The molecule has 0 fully saturated rings. The van der Waals surface area contributed by atoms with Gasteiger partial charge in [0, 0.05) is 0 Å². The SMILES string of the molecule is C#CCS(=O)(=O)CC(N)=S. The molecule has 5 heteroatoms. The van der Waals surface area contributed by atoms with Crippen molar-refractivity contribution >= 4 is 27.0 Å². The van der Waals surface area contributed by atoms with E-state index in [2.05, 4.69) is 12.2 Å². The third-order valence-electron chi connectivity index (χ3n) is 0.665. The van der Waals surface area contributed by atoms with Gasteiger partial charge >= 0.3 is 0 Å². The highest BCUT2D eigenvalue weighted by atomic mass is 32.2. The summed E-state index contributed by atoms with van der Waals surface area (Å²) >= 11 is 4.39. The van der Waals surface area contributed by atoms with Crippen molar-refractivity contribution in [1.82, 2.24) is 0 Å². The van der Waals surface area contributed by atoms with Gasteiger partial charge in [-0.3, -0.25) is 0 Å². The first-order valence-electron chi connectivity index (χ1n) is 2.40. The number of nitrogens with two attached hydrogens (primary N) is 1. The average Bonchev–Trinajstić information content (AvgIpc) is 1.59. The van der Waals surface area contributed by atoms with Gasteiger partial charge in [-0.05, 0) is 0 Å². The number of terminal acetylenes is 1. The second-order valence-electron chi connectivity index (χ2n) is 1.70. The highest BCUT2D eigenvalue weighted by Gasteiger charge is 2.09. The minimum Gasteiger partial charge on any atom is -0.392 e. The first-order valence-corrected chi connectivity index (χ1v) is 4.63. The first-order chi connectivity index (χ1) is 4.48. The van der Waals surface area contributed by atoms with Crippen molar-refractivity contribution in [3.63, 3.8) is 0 Å². The van der Waals surface area contributed by atoms with Crippen LogP contribution in [0.25, 0.3) is 0 Å². The predicted octanol–water partition coefficient (Wildman–Crippen LogP) is -0.679. The normalized spacial score (nSPS) is 10.3. The van der Waals surface area contributed by atoms with Crippen LogP contribution in [0.5, 0.6) is 0 Å². The van der Waals surface area contributed by atoms with Crippen molar-refractivity contribution in [2.75, 3.05) is 11.5 Å². The molecule has 0 bridgehead atoms. The van der Waals surface area contributed by atoms with E-state index in [0.717, 1.165) is 0 Å². The van der Waals surface area contributed by atoms with Gasteiger partial charge in [-0.2, -0.15) is 0 Å². The zero-order valence-corrected chi connectivity index (χ0v) is 6.83. The largest absolute Gasteiger partial charge is 0.392 e. The van der Waals surface area contributed by atoms with Gasteiger partial charge in [-0.1, -0.05) is 18.1 Å². The van der Waals surface area contributed by atoms with Crippen LogP contribution in [0, 0.1) is 12.3 Å². The van der Waals surface area contributed by atoms with Crippen LogP contribution >= 0.6 is 12.2 Å². The number of rotatable bonds is 3. The molecule has 0 aliphatic rings. The lowest BCUT2D eigenvalue weighted by atomic mass is 10.8. The number of sulfone groups is 1. The van der Waals surface area contributed by atoms with Gasteiger partial charge in [0.2, 0.25) is 0 Å². The summed E-state index contributed by atoms with van der Waals surface area (Å²) in [6.07, 6.45) is 4.78. The first kappa shape index (κ1) is 9.40. The molecule has 0 aromatic rings. The predicted molar refractivity (Wildman–Crippen MR) is 44.3 cm³/mol. The van der Waals surface area contributed by atoms with Crippen molar-refractivity contribution in [3.05, 3.63) is 0 Å². The Hall–Kier alpha value is -0.600. The van der Waals surface area contributed by atoms with Crippen LogP contribution in [-0.4, -0.2) is 24.9 Å². The van der Waals surface area contributed by atoms with E-state index in [1.54, 1.807) is 0 Å². The smallest absolute Gasteiger partial charge is 0.167 e. The van der Waals surface area contributed by atoms with Gasteiger partial charge in [0.1, 0.15) is 11.5 Å². The molecule has 0 aromatic carbocycles. The summed E-state index contributed by atoms with van der Waals surface area (Å²) < 4.78 is 21.5. The van der Waals surface area contributed by atoms with E-state index in [4.69, 9.17) is 12.2 Å². The molecule has 0 radical (unpaired) electrons. The summed E-state index contributed by atoms with van der Waals surface area (Å²) in [5.41, 5.74) is 4.99. The molecular weight excluding hydrogens is 170 g/mol.